The van der Waals surface area contributed by atoms with Gasteiger partial charge in [0, 0.05) is 20.6 Å². The van der Waals surface area contributed by atoms with E-state index in [0.717, 1.165) is 10.8 Å². The number of aromatic nitrogens is 2. The van der Waals surface area contributed by atoms with Crippen molar-refractivity contribution < 1.29 is 28.5 Å². The van der Waals surface area contributed by atoms with Crippen LogP contribution in [-0.4, -0.2) is 47.7 Å². The lowest BCUT2D eigenvalue weighted by Crippen LogP contribution is -2.29. The molecule has 4 unspecified atom stereocenters. The highest BCUT2D eigenvalue weighted by atomic mass is 32.5. The second-order valence-electron chi connectivity index (χ2n) is 4.80. The van der Waals surface area contributed by atoms with E-state index in [-0.39, 0.29) is 24.6 Å². The molecule has 12 heteroatoms. The van der Waals surface area contributed by atoms with Gasteiger partial charge in [-0.3, -0.25) is 4.57 Å². The molecule has 130 valence electrons. The first-order valence-corrected chi connectivity index (χ1v) is 9.10. The summed E-state index contributed by atoms with van der Waals surface area (Å²) in [7, 11) is 2.64. The Morgan fingerprint density at radius 2 is 2.35 bits per heavy atom. The maximum absolute atomic E-state index is 11.9. The third-order valence-electron chi connectivity index (χ3n) is 3.27. The van der Waals surface area contributed by atoms with Crippen LogP contribution in [0.15, 0.2) is 11.0 Å². The van der Waals surface area contributed by atoms with Crippen LogP contribution in [0.3, 0.4) is 0 Å². The van der Waals surface area contributed by atoms with Gasteiger partial charge in [-0.1, -0.05) is 11.8 Å². The van der Waals surface area contributed by atoms with Gasteiger partial charge in [0.2, 0.25) is 0 Å². The van der Waals surface area contributed by atoms with E-state index in [1.807, 2.05) is 0 Å². The summed E-state index contributed by atoms with van der Waals surface area (Å²) in [4.78, 5) is 27.2. The molecule has 0 amide bonds. The van der Waals surface area contributed by atoms with Crippen LogP contribution in [0.2, 0.25) is 0 Å². The number of methoxy groups -OCH3 is 1. The van der Waals surface area contributed by atoms with E-state index >= 15 is 0 Å². The zero-order valence-corrected chi connectivity index (χ0v) is 14.2. The zero-order valence-electron chi connectivity index (χ0n) is 12.4. The number of nitrogens with zero attached hydrogens (tertiary/aromatic N) is 2. The molecule has 4 atom stereocenters. The standard InChI is InChI=1S/C11H18N3O7PS/c1-18-5-8-7(21-22(17,23)19-2)3-9(20-8)14-4-6(15)10(12)13-11(14)16/h4,7-9,15H,3,5H2,1-2H3,(H,17,23)(H2,12,13,16)/p-1. The van der Waals surface area contributed by atoms with E-state index in [2.05, 4.69) is 9.51 Å². The van der Waals surface area contributed by atoms with E-state index in [9.17, 15) is 14.8 Å². The van der Waals surface area contributed by atoms with Gasteiger partial charge in [-0.05, 0) is 0 Å². The molecule has 0 aromatic carbocycles. The van der Waals surface area contributed by atoms with Gasteiger partial charge in [0.15, 0.2) is 11.6 Å². The number of ether oxygens (including phenoxy) is 2. The highest BCUT2D eigenvalue weighted by Gasteiger charge is 2.39. The lowest BCUT2D eigenvalue weighted by Gasteiger charge is -2.30. The molecule has 23 heavy (non-hydrogen) atoms. The fraction of sp³-hybridized carbons (Fsp3) is 0.636. The third kappa shape index (κ3) is 4.27. The van der Waals surface area contributed by atoms with Crippen molar-refractivity contribution in [1.82, 2.24) is 9.55 Å². The molecule has 2 rings (SSSR count). The average Bonchev–Trinajstić information content (AvgIpc) is 2.85. The average molecular weight is 366 g/mol. The molecule has 1 fully saturated rings. The molecule has 0 spiro atoms. The van der Waals surface area contributed by atoms with Crippen molar-refractivity contribution in [2.24, 2.45) is 0 Å². The molecule has 1 aliphatic heterocycles. The number of rotatable bonds is 6. The van der Waals surface area contributed by atoms with Gasteiger partial charge in [0.05, 0.1) is 18.9 Å². The summed E-state index contributed by atoms with van der Waals surface area (Å²) < 4.78 is 21.7. The van der Waals surface area contributed by atoms with Crippen LogP contribution in [0.25, 0.3) is 0 Å². The van der Waals surface area contributed by atoms with Crippen molar-refractivity contribution >= 4 is 24.3 Å². The Hall–Kier alpha value is -1.07. The lowest BCUT2D eigenvalue weighted by atomic mass is 10.2. The highest BCUT2D eigenvalue weighted by molar-refractivity contribution is 8.06. The van der Waals surface area contributed by atoms with Gasteiger partial charge in [-0.25, -0.2) is 4.79 Å². The van der Waals surface area contributed by atoms with E-state index in [0.29, 0.717) is 0 Å². The lowest BCUT2D eigenvalue weighted by molar-refractivity contribution is -0.210. The van der Waals surface area contributed by atoms with Gasteiger partial charge in [0.1, 0.15) is 19.1 Å². The molecule has 1 aromatic rings. The Balaban J connectivity index is 2.24. The minimum atomic E-state index is -3.66. The van der Waals surface area contributed by atoms with E-state index < -0.39 is 30.8 Å². The molecule has 1 saturated heterocycles. The number of anilines is 1. The molecule has 1 aliphatic rings. The van der Waals surface area contributed by atoms with Gasteiger partial charge in [-0.15, -0.1) is 0 Å². The van der Waals surface area contributed by atoms with Crippen LogP contribution in [0, 0.1) is 0 Å². The molecule has 0 bridgehead atoms. The van der Waals surface area contributed by atoms with Crippen LogP contribution in [0.1, 0.15) is 12.6 Å². The maximum Gasteiger partial charge on any atom is 0.351 e. The smallest absolute Gasteiger partial charge is 0.351 e. The molecule has 1 aromatic heterocycles. The molecular weight excluding hydrogens is 349 g/mol. The second-order valence-corrected chi connectivity index (χ2v) is 7.61. The zero-order chi connectivity index (χ0) is 17.2. The van der Waals surface area contributed by atoms with Crippen LogP contribution >= 0.6 is 6.72 Å². The van der Waals surface area contributed by atoms with Gasteiger partial charge < -0.3 is 34.3 Å². The van der Waals surface area contributed by atoms with Crippen molar-refractivity contribution in [2.45, 2.75) is 24.9 Å². The van der Waals surface area contributed by atoms with Crippen molar-refractivity contribution in [3.63, 3.8) is 0 Å². The normalized spacial score (nSPS) is 27.0. The number of aromatic hydroxyl groups is 1. The quantitative estimate of drug-likeness (QED) is 0.607. The summed E-state index contributed by atoms with van der Waals surface area (Å²) in [6.45, 7) is -3.53. The minimum absolute atomic E-state index is 0.128. The summed E-state index contributed by atoms with van der Waals surface area (Å²) >= 11 is 4.71. The summed E-state index contributed by atoms with van der Waals surface area (Å²) in [6.07, 6.45) is -0.884. The SMILES string of the molecule is COCC1OC(n2cc(O)c(N)nc2=O)CC1OP([O-])(=S)OC. The van der Waals surface area contributed by atoms with Crippen molar-refractivity contribution in [3.8, 4) is 5.75 Å². The van der Waals surface area contributed by atoms with Gasteiger partial charge in [0.25, 0.3) is 0 Å². The Labute approximate surface area is 137 Å². The highest BCUT2D eigenvalue weighted by Crippen LogP contribution is 2.44. The Bertz CT molecular complexity index is 670. The summed E-state index contributed by atoms with van der Waals surface area (Å²) in [5, 5.41) is 9.60. The number of nitrogen functional groups attached to an aromatic ring is 1. The Morgan fingerprint density at radius 1 is 1.65 bits per heavy atom. The fourth-order valence-corrected chi connectivity index (χ4v) is 3.15. The number of hydrogen-bond acceptors (Lipinski definition) is 10. The predicted molar refractivity (Wildman–Crippen MR) is 81.1 cm³/mol. The van der Waals surface area contributed by atoms with Gasteiger partial charge >= 0.3 is 5.69 Å². The predicted octanol–water partition coefficient (Wildman–Crippen LogP) is -0.919. The maximum atomic E-state index is 11.9. The first-order valence-electron chi connectivity index (χ1n) is 6.54. The second kappa shape index (κ2) is 7.22. The van der Waals surface area contributed by atoms with E-state index in [1.165, 1.54) is 14.2 Å². The molecule has 0 aliphatic carbocycles. The monoisotopic (exact) mass is 366 g/mol. The van der Waals surface area contributed by atoms with E-state index in [1.54, 1.807) is 0 Å². The molecule has 0 radical (unpaired) electrons. The van der Waals surface area contributed by atoms with Crippen LogP contribution in [-0.2, 0) is 30.3 Å². The van der Waals surface area contributed by atoms with Crippen molar-refractivity contribution in [2.75, 3.05) is 26.6 Å². The number of hydrogen-bond donors (Lipinski definition) is 2. The topological polar surface area (TPSA) is 141 Å². The molecule has 0 saturated carbocycles. The van der Waals surface area contributed by atoms with Gasteiger partial charge in [-0.2, -0.15) is 4.98 Å². The summed E-state index contributed by atoms with van der Waals surface area (Å²) in [5.41, 5.74) is 4.67. The Morgan fingerprint density at radius 3 is 2.96 bits per heavy atom. The minimum Gasteiger partial charge on any atom is -0.780 e. The molecule has 10 nitrogen and oxygen atoms in total. The molecule has 2 heterocycles. The Kier molecular flexibility index (Phi) is 5.74. The van der Waals surface area contributed by atoms with Crippen molar-refractivity contribution in [3.05, 3.63) is 16.7 Å². The largest absolute Gasteiger partial charge is 0.780 e. The van der Waals surface area contributed by atoms with Crippen molar-refractivity contribution in [1.29, 1.82) is 0 Å². The van der Waals surface area contributed by atoms with E-state index in [4.69, 9.17) is 31.5 Å². The fourth-order valence-electron chi connectivity index (χ4n) is 2.18. The van der Waals surface area contributed by atoms with Crippen LogP contribution < -0.4 is 16.3 Å². The first-order chi connectivity index (χ1) is 10.8. The third-order valence-corrected chi connectivity index (χ3v) is 4.95. The molecule has 3 N–H and O–H groups in total. The summed E-state index contributed by atoms with van der Waals surface area (Å²) in [5.74, 6) is -0.633. The first kappa shape index (κ1) is 18.3. The van der Waals surface area contributed by atoms with Crippen LogP contribution in [0.4, 0.5) is 5.82 Å². The van der Waals surface area contributed by atoms with Crippen LogP contribution in [0.5, 0.6) is 5.75 Å². The summed E-state index contributed by atoms with van der Waals surface area (Å²) in [6, 6.07) is 0. The number of nitrogens with two attached hydrogens (primary N) is 1. The molecular formula is C11H17N3O7PS-.